The van der Waals surface area contributed by atoms with E-state index in [0.717, 1.165) is 17.8 Å². The molecule has 134 valence electrons. The quantitative estimate of drug-likeness (QED) is 0.802. The molecule has 0 bridgehead atoms. The molecule has 9 heteroatoms. The number of hydrogen-bond acceptors (Lipinski definition) is 5. The van der Waals surface area contributed by atoms with Crippen LogP contribution in [0.4, 0.5) is 13.2 Å². The maximum Gasteiger partial charge on any atom is 0.417 e. The van der Waals surface area contributed by atoms with Crippen LogP contribution in [-0.2, 0) is 11.0 Å². The third kappa shape index (κ3) is 5.10. The van der Waals surface area contributed by atoms with Crippen molar-refractivity contribution in [2.75, 3.05) is 5.75 Å². The largest absolute Gasteiger partial charge is 0.417 e. The number of nitrogens with zero attached hydrogens (tertiary/aromatic N) is 3. The molecule has 5 nitrogen and oxygen atoms in total. The van der Waals surface area contributed by atoms with Crippen LogP contribution in [0.5, 0.6) is 0 Å². The van der Waals surface area contributed by atoms with Gasteiger partial charge in [-0.1, -0.05) is 25.6 Å². The molecule has 0 aliphatic heterocycles. The molecule has 0 unspecified atom stereocenters. The van der Waals surface area contributed by atoms with Crippen molar-refractivity contribution in [3.05, 3.63) is 22.9 Å². The smallest absolute Gasteiger partial charge is 0.337 e. The monoisotopic (exact) mass is 370 g/mol. The molecule has 0 spiro atoms. The molecule has 0 radical (unpaired) electrons. The van der Waals surface area contributed by atoms with Crippen LogP contribution in [0.15, 0.2) is 11.1 Å². The van der Waals surface area contributed by atoms with Crippen molar-refractivity contribution >= 4 is 17.7 Å². The highest BCUT2D eigenvalue weighted by Crippen LogP contribution is 2.35. The number of carbonyl (C=O) groups excluding carboxylic acids is 1. The molecular weight excluding hydrogens is 353 g/mol. The number of carbonyl (C=O) groups is 1. The Morgan fingerprint density at radius 3 is 2.44 bits per heavy atom. The maximum absolute atomic E-state index is 13.0. The molecule has 25 heavy (non-hydrogen) atoms. The second kappa shape index (κ2) is 7.75. The van der Waals surface area contributed by atoms with Crippen molar-refractivity contribution in [1.29, 1.82) is 10.5 Å². The molecule has 1 amide bonds. The van der Waals surface area contributed by atoms with Crippen molar-refractivity contribution in [2.24, 2.45) is 5.92 Å². The van der Waals surface area contributed by atoms with Gasteiger partial charge in [0.2, 0.25) is 5.91 Å². The molecule has 1 rings (SSSR count). The fourth-order valence-corrected chi connectivity index (χ4v) is 2.69. The number of nitrogens with one attached hydrogen (secondary N) is 1. The molecule has 0 saturated carbocycles. The average Bonchev–Trinajstić information content (AvgIpc) is 2.51. The summed E-state index contributed by atoms with van der Waals surface area (Å²) in [4.78, 5) is 16.0. The molecule has 1 aromatic rings. The lowest BCUT2D eigenvalue weighted by atomic mass is 9.90. The number of pyridine rings is 1. The zero-order valence-corrected chi connectivity index (χ0v) is 15.0. The zero-order valence-electron chi connectivity index (χ0n) is 14.2. The van der Waals surface area contributed by atoms with Crippen LogP contribution in [-0.4, -0.2) is 22.2 Å². The highest BCUT2D eigenvalue weighted by molar-refractivity contribution is 8.00. The van der Waals surface area contributed by atoms with Crippen molar-refractivity contribution in [3.8, 4) is 12.1 Å². The number of amides is 1. The van der Waals surface area contributed by atoms with Gasteiger partial charge in [-0.15, -0.1) is 0 Å². The predicted octanol–water partition coefficient (Wildman–Crippen LogP) is 3.43. The SMILES string of the molecule is Cc1cc(C(F)(F)F)c(C#N)c(SCC(=O)N[C@](C)(C#N)C(C)C)n1. The van der Waals surface area contributed by atoms with Crippen molar-refractivity contribution in [2.45, 2.75) is 44.4 Å². The number of aromatic nitrogens is 1. The van der Waals surface area contributed by atoms with Crippen LogP contribution < -0.4 is 5.32 Å². The highest BCUT2D eigenvalue weighted by atomic mass is 32.2. The fourth-order valence-electron chi connectivity index (χ4n) is 1.84. The highest BCUT2D eigenvalue weighted by Gasteiger charge is 2.36. The van der Waals surface area contributed by atoms with Gasteiger partial charge in [0.05, 0.1) is 22.9 Å². The van der Waals surface area contributed by atoms with Gasteiger partial charge in [0, 0.05) is 5.69 Å². The first-order valence-corrected chi connectivity index (χ1v) is 8.27. The van der Waals surface area contributed by atoms with E-state index < -0.39 is 28.7 Å². The molecule has 0 fully saturated rings. The van der Waals surface area contributed by atoms with Gasteiger partial charge in [0.1, 0.15) is 16.6 Å². The number of hydrogen-bond donors (Lipinski definition) is 1. The third-order valence-electron chi connectivity index (χ3n) is 3.66. The maximum atomic E-state index is 13.0. The van der Waals surface area contributed by atoms with Crippen LogP contribution in [0.1, 0.15) is 37.6 Å². The van der Waals surface area contributed by atoms with Crippen LogP contribution in [0.2, 0.25) is 0 Å². The lowest BCUT2D eigenvalue weighted by Gasteiger charge is -2.27. The molecule has 1 aromatic heterocycles. The summed E-state index contributed by atoms with van der Waals surface area (Å²) in [6.45, 7) is 6.48. The van der Waals surface area contributed by atoms with E-state index in [1.165, 1.54) is 13.0 Å². The zero-order chi connectivity index (χ0) is 19.4. The van der Waals surface area contributed by atoms with Gasteiger partial charge in [0.25, 0.3) is 0 Å². The van der Waals surface area contributed by atoms with Gasteiger partial charge >= 0.3 is 6.18 Å². The summed E-state index contributed by atoms with van der Waals surface area (Å²) in [6.07, 6.45) is -4.69. The number of rotatable bonds is 5. The van der Waals surface area contributed by atoms with E-state index in [0.29, 0.717) is 0 Å². The summed E-state index contributed by atoms with van der Waals surface area (Å²) >= 11 is 0.732. The predicted molar refractivity (Wildman–Crippen MR) is 86.4 cm³/mol. The van der Waals surface area contributed by atoms with E-state index in [9.17, 15) is 23.2 Å². The molecule has 1 heterocycles. The number of aryl methyl sites for hydroxylation is 1. The molecular formula is C16H17F3N4OS. The van der Waals surface area contributed by atoms with E-state index in [2.05, 4.69) is 10.3 Å². The van der Waals surface area contributed by atoms with E-state index >= 15 is 0 Å². The van der Waals surface area contributed by atoms with Crippen LogP contribution in [0.25, 0.3) is 0 Å². The fraction of sp³-hybridized carbons (Fsp3) is 0.500. The minimum absolute atomic E-state index is 0.0956. The first-order chi connectivity index (χ1) is 11.4. The van der Waals surface area contributed by atoms with Gasteiger partial charge in [-0.2, -0.15) is 23.7 Å². The number of nitriles is 2. The molecule has 0 aliphatic rings. The second-order valence-electron chi connectivity index (χ2n) is 5.91. The standard InChI is InChI=1S/C16H17F3N4OS/c1-9(2)15(4,8-21)23-13(24)7-25-14-11(6-20)12(16(17,18)19)5-10(3)22-14/h5,9H,7H2,1-4H3,(H,23,24)/t15-/m1/s1. The van der Waals surface area contributed by atoms with Crippen molar-refractivity contribution < 1.29 is 18.0 Å². The Balaban J connectivity index is 3.02. The Bertz CT molecular complexity index is 749. The second-order valence-corrected chi connectivity index (χ2v) is 6.87. The van der Waals surface area contributed by atoms with Crippen molar-refractivity contribution in [1.82, 2.24) is 10.3 Å². The minimum atomic E-state index is -4.69. The summed E-state index contributed by atoms with van der Waals surface area (Å²) in [5.74, 6) is -0.939. The first kappa shape index (κ1) is 20.8. The lowest BCUT2D eigenvalue weighted by molar-refractivity contribution is -0.138. The number of thioether (sulfide) groups is 1. The third-order valence-corrected chi connectivity index (χ3v) is 4.63. The van der Waals surface area contributed by atoms with E-state index in [1.54, 1.807) is 20.8 Å². The van der Waals surface area contributed by atoms with Gasteiger partial charge in [0.15, 0.2) is 0 Å². The topological polar surface area (TPSA) is 89.6 Å². The molecule has 0 aromatic carbocycles. The molecule has 1 N–H and O–H groups in total. The summed E-state index contributed by atoms with van der Waals surface area (Å²) in [6, 6.07) is 4.32. The lowest BCUT2D eigenvalue weighted by Crippen LogP contribution is -2.49. The number of alkyl halides is 3. The Hall–Kier alpha value is -2.26. The molecule has 1 atom stereocenters. The molecule has 0 saturated heterocycles. The van der Waals surface area contributed by atoms with E-state index in [4.69, 9.17) is 5.26 Å². The Kier molecular flexibility index (Phi) is 6.44. The van der Waals surface area contributed by atoms with E-state index in [1.807, 2.05) is 6.07 Å². The summed E-state index contributed by atoms with van der Waals surface area (Å²) < 4.78 is 39.1. The van der Waals surface area contributed by atoms with E-state index in [-0.39, 0.29) is 22.4 Å². The van der Waals surface area contributed by atoms with Crippen LogP contribution in [0, 0.1) is 35.5 Å². The van der Waals surface area contributed by atoms with Gasteiger partial charge in [-0.3, -0.25) is 4.79 Å². The molecule has 0 aliphatic carbocycles. The number of halogens is 3. The summed E-state index contributed by atoms with van der Waals surface area (Å²) in [5.41, 5.74) is -2.68. The van der Waals surface area contributed by atoms with Gasteiger partial charge < -0.3 is 5.32 Å². The van der Waals surface area contributed by atoms with Crippen LogP contribution in [0.3, 0.4) is 0 Å². The van der Waals surface area contributed by atoms with Gasteiger partial charge in [-0.25, -0.2) is 4.98 Å². The normalized spacial score (nSPS) is 13.7. The Morgan fingerprint density at radius 2 is 2.00 bits per heavy atom. The first-order valence-electron chi connectivity index (χ1n) is 7.28. The Labute approximate surface area is 148 Å². The Morgan fingerprint density at radius 1 is 1.40 bits per heavy atom. The summed E-state index contributed by atoms with van der Waals surface area (Å²) in [5, 5.41) is 20.6. The van der Waals surface area contributed by atoms with Crippen molar-refractivity contribution in [3.63, 3.8) is 0 Å². The average molecular weight is 370 g/mol. The summed E-state index contributed by atoms with van der Waals surface area (Å²) in [7, 11) is 0. The van der Waals surface area contributed by atoms with Gasteiger partial charge in [-0.05, 0) is 25.8 Å². The minimum Gasteiger partial charge on any atom is -0.337 e. The van der Waals surface area contributed by atoms with Crippen LogP contribution >= 0.6 is 11.8 Å².